The SMILES string of the molecule is CC(C)S(=O)(=O)NC1C2C3CCC(C3)C12. The molecule has 4 heteroatoms. The van der Waals surface area contributed by atoms with Crippen molar-refractivity contribution in [1.82, 2.24) is 4.72 Å². The van der Waals surface area contributed by atoms with Gasteiger partial charge in [0.25, 0.3) is 0 Å². The molecule has 0 heterocycles. The van der Waals surface area contributed by atoms with Crippen molar-refractivity contribution in [2.24, 2.45) is 23.7 Å². The van der Waals surface area contributed by atoms with Crippen molar-refractivity contribution < 1.29 is 8.42 Å². The Hall–Kier alpha value is -0.0900. The van der Waals surface area contributed by atoms with E-state index in [0.29, 0.717) is 17.9 Å². The summed E-state index contributed by atoms with van der Waals surface area (Å²) in [5.41, 5.74) is 0. The number of nitrogens with one attached hydrogen (secondary N) is 1. The van der Waals surface area contributed by atoms with Gasteiger partial charge in [0.15, 0.2) is 0 Å². The van der Waals surface area contributed by atoms with Crippen LogP contribution in [0.2, 0.25) is 0 Å². The third-order valence-corrected chi connectivity index (χ3v) is 6.50. The van der Waals surface area contributed by atoms with Crippen LogP contribution in [0.5, 0.6) is 0 Å². The zero-order valence-corrected chi connectivity index (χ0v) is 10.1. The molecule has 0 radical (unpaired) electrons. The van der Waals surface area contributed by atoms with Crippen molar-refractivity contribution >= 4 is 10.0 Å². The van der Waals surface area contributed by atoms with E-state index < -0.39 is 10.0 Å². The average Bonchev–Trinajstić information content (AvgIpc) is 2.60. The highest BCUT2D eigenvalue weighted by atomic mass is 32.2. The fourth-order valence-corrected chi connectivity index (χ4v) is 4.77. The molecule has 3 fully saturated rings. The summed E-state index contributed by atoms with van der Waals surface area (Å²) < 4.78 is 26.4. The van der Waals surface area contributed by atoms with Crippen molar-refractivity contribution in [3.8, 4) is 0 Å². The van der Waals surface area contributed by atoms with Crippen LogP contribution in [0.3, 0.4) is 0 Å². The Labute approximate surface area is 91.7 Å². The lowest BCUT2D eigenvalue weighted by Gasteiger charge is -2.13. The summed E-state index contributed by atoms with van der Waals surface area (Å²) in [7, 11) is -3.05. The topological polar surface area (TPSA) is 46.2 Å². The van der Waals surface area contributed by atoms with Gasteiger partial charge < -0.3 is 0 Å². The number of rotatable bonds is 3. The van der Waals surface area contributed by atoms with Crippen molar-refractivity contribution in [3.63, 3.8) is 0 Å². The molecule has 0 aromatic rings. The van der Waals surface area contributed by atoms with Crippen molar-refractivity contribution in [1.29, 1.82) is 0 Å². The van der Waals surface area contributed by atoms with Gasteiger partial charge >= 0.3 is 0 Å². The minimum atomic E-state index is -3.05. The zero-order chi connectivity index (χ0) is 10.8. The van der Waals surface area contributed by atoms with Crippen molar-refractivity contribution in [2.75, 3.05) is 0 Å². The highest BCUT2D eigenvalue weighted by molar-refractivity contribution is 7.90. The van der Waals surface area contributed by atoms with E-state index in [1.54, 1.807) is 13.8 Å². The molecule has 2 bridgehead atoms. The molecule has 1 N–H and O–H groups in total. The van der Waals surface area contributed by atoms with E-state index in [9.17, 15) is 8.42 Å². The lowest BCUT2D eigenvalue weighted by Crippen LogP contribution is -2.35. The van der Waals surface area contributed by atoms with Crippen LogP contribution in [-0.2, 0) is 10.0 Å². The average molecular weight is 229 g/mol. The van der Waals surface area contributed by atoms with Gasteiger partial charge in [-0.2, -0.15) is 0 Å². The molecule has 0 aromatic heterocycles. The molecular weight excluding hydrogens is 210 g/mol. The van der Waals surface area contributed by atoms with Crippen LogP contribution in [0.25, 0.3) is 0 Å². The minimum absolute atomic E-state index is 0.295. The van der Waals surface area contributed by atoms with Crippen LogP contribution >= 0.6 is 0 Å². The quantitative estimate of drug-likeness (QED) is 0.794. The Bertz CT molecular complexity index is 360. The molecule has 0 spiro atoms. The first-order valence-electron chi connectivity index (χ1n) is 6.02. The monoisotopic (exact) mass is 229 g/mol. The molecule has 0 aliphatic heterocycles. The Morgan fingerprint density at radius 3 is 2.13 bits per heavy atom. The van der Waals surface area contributed by atoms with Crippen LogP contribution < -0.4 is 4.72 Å². The molecule has 4 unspecified atom stereocenters. The van der Waals surface area contributed by atoms with E-state index in [0.717, 1.165) is 11.8 Å². The van der Waals surface area contributed by atoms with Crippen LogP contribution in [0, 0.1) is 23.7 Å². The first-order chi connectivity index (χ1) is 7.00. The summed E-state index contributed by atoms with van der Waals surface area (Å²) in [4.78, 5) is 0. The van der Waals surface area contributed by atoms with Gasteiger partial charge in [-0.15, -0.1) is 0 Å². The summed E-state index contributed by atoms with van der Waals surface area (Å²) in [6, 6.07) is 0.295. The van der Waals surface area contributed by atoms with Crippen molar-refractivity contribution in [3.05, 3.63) is 0 Å². The lowest BCUT2D eigenvalue weighted by molar-refractivity contribution is 0.456. The van der Waals surface area contributed by atoms with Crippen LogP contribution in [0.4, 0.5) is 0 Å². The standard InChI is InChI=1S/C11H19NO2S/c1-6(2)15(13,14)12-11-9-7-3-4-8(5-7)10(9)11/h6-12H,3-5H2,1-2H3. The number of hydrogen-bond acceptors (Lipinski definition) is 2. The van der Waals surface area contributed by atoms with Gasteiger partial charge in [-0.3, -0.25) is 0 Å². The Morgan fingerprint density at radius 2 is 1.67 bits per heavy atom. The smallest absolute Gasteiger partial charge is 0.212 e. The van der Waals surface area contributed by atoms with Gasteiger partial charge in [0.2, 0.25) is 10.0 Å². The molecule has 15 heavy (non-hydrogen) atoms. The fraction of sp³-hybridized carbons (Fsp3) is 1.00. The highest BCUT2D eigenvalue weighted by Crippen LogP contribution is 2.65. The largest absolute Gasteiger partial charge is 0.214 e. The van der Waals surface area contributed by atoms with Crippen LogP contribution in [-0.4, -0.2) is 19.7 Å². The Balaban J connectivity index is 1.69. The predicted molar refractivity (Wildman–Crippen MR) is 58.8 cm³/mol. The molecule has 86 valence electrons. The van der Waals surface area contributed by atoms with Gasteiger partial charge in [0, 0.05) is 6.04 Å². The summed E-state index contributed by atoms with van der Waals surface area (Å²) in [6.45, 7) is 3.49. The molecule has 4 atom stereocenters. The first kappa shape index (κ1) is 10.1. The molecule has 3 aliphatic rings. The first-order valence-corrected chi connectivity index (χ1v) is 7.56. The second kappa shape index (κ2) is 2.98. The van der Waals surface area contributed by atoms with Crippen molar-refractivity contribution in [2.45, 2.75) is 44.4 Å². The van der Waals surface area contributed by atoms with E-state index in [1.807, 2.05) is 0 Å². The van der Waals surface area contributed by atoms with Crippen LogP contribution in [0.1, 0.15) is 33.1 Å². The summed E-state index contributed by atoms with van der Waals surface area (Å²) in [5.74, 6) is 3.05. The van der Waals surface area contributed by atoms with Gasteiger partial charge in [-0.05, 0) is 56.8 Å². The van der Waals surface area contributed by atoms with E-state index in [4.69, 9.17) is 0 Å². The van der Waals surface area contributed by atoms with E-state index in [2.05, 4.69) is 4.72 Å². The number of sulfonamides is 1. The maximum absolute atomic E-state index is 11.7. The minimum Gasteiger partial charge on any atom is -0.212 e. The molecule has 0 aromatic carbocycles. The summed E-state index contributed by atoms with van der Waals surface area (Å²) >= 11 is 0. The zero-order valence-electron chi connectivity index (χ0n) is 9.31. The maximum Gasteiger partial charge on any atom is 0.214 e. The van der Waals surface area contributed by atoms with E-state index in [-0.39, 0.29) is 5.25 Å². The molecule has 0 amide bonds. The third kappa shape index (κ3) is 1.37. The van der Waals surface area contributed by atoms with Gasteiger partial charge in [0.1, 0.15) is 0 Å². The normalized spacial score (nSPS) is 47.3. The third-order valence-electron chi connectivity index (χ3n) is 4.66. The Morgan fingerprint density at radius 1 is 1.13 bits per heavy atom. The number of hydrogen-bond donors (Lipinski definition) is 1. The van der Waals surface area contributed by atoms with Gasteiger partial charge in [-0.25, -0.2) is 13.1 Å². The number of fused-ring (bicyclic) bond motifs is 5. The lowest BCUT2D eigenvalue weighted by atomic mass is 10.0. The highest BCUT2D eigenvalue weighted by Gasteiger charge is 2.65. The molecule has 3 rings (SSSR count). The fourth-order valence-electron chi connectivity index (χ4n) is 3.81. The van der Waals surface area contributed by atoms with E-state index >= 15 is 0 Å². The van der Waals surface area contributed by atoms with Crippen LogP contribution in [0.15, 0.2) is 0 Å². The maximum atomic E-state index is 11.7. The Kier molecular flexibility index (Phi) is 2.00. The summed E-state index contributed by atoms with van der Waals surface area (Å²) in [5, 5.41) is -0.295. The second-order valence-electron chi connectivity index (χ2n) is 5.73. The summed E-state index contributed by atoms with van der Waals surface area (Å²) in [6.07, 6.45) is 4.05. The molecule has 3 nitrogen and oxygen atoms in total. The molecular formula is C11H19NO2S. The molecule has 0 saturated heterocycles. The van der Waals surface area contributed by atoms with E-state index in [1.165, 1.54) is 19.3 Å². The molecule has 3 saturated carbocycles. The van der Waals surface area contributed by atoms with Gasteiger partial charge in [0.05, 0.1) is 5.25 Å². The second-order valence-corrected chi connectivity index (χ2v) is 7.99. The van der Waals surface area contributed by atoms with Gasteiger partial charge in [-0.1, -0.05) is 0 Å². The predicted octanol–water partition coefficient (Wildman–Crippen LogP) is 1.36. The molecule has 3 aliphatic carbocycles.